The molecule has 40 heavy (non-hydrogen) atoms. The summed E-state index contributed by atoms with van der Waals surface area (Å²) in [5.74, 6) is 0.361. The molecule has 0 aliphatic rings. The highest BCUT2D eigenvalue weighted by Crippen LogP contribution is 2.40. The Labute approximate surface area is 238 Å². The summed E-state index contributed by atoms with van der Waals surface area (Å²) in [6, 6.07) is 22.0. The van der Waals surface area contributed by atoms with Crippen molar-refractivity contribution in [3.05, 3.63) is 106 Å². The molecular weight excluding hydrogens is 522 g/mol. The molecule has 0 atom stereocenters. The van der Waals surface area contributed by atoms with E-state index in [1.54, 1.807) is 25.6 Å². The van der Waals surface area contributed by atoms with Crippen LogP contribution in [-0.4, -0.2) is 29.9 Å². The smallest absolute Gasteiger partial charge is 0.333 e. The van der Waals surface area contributed by atoms with Gasteiger partial charge in [0, 0.05) is 34.7 Å². The average Bonchev–Trinajstić information content (AvgIpc) is 3.61. The van der Waals surface area contributed by atoms with Crippen LogP contribution in [0.2, 0.25) is 0 Å². The molecule has 204 valence electrons. The van der Waals surface area contributed by atoms with Crippen molar-refractivity contribution in [2.45, 2.75) is 26.3 Å². The van der Waals surface area contributed by atoms with Crippen LogP contribution in [0.5, 0.6) is 11.5 Å². The zero-order valence-corrected chi connectivity index (χ0v) is 23.5. The lowest BCUT2D eigenvalue weighted by Crippen LogP contribution is -2.08. The number of aryl methyl sites for hydroxylation is 1. The quantitative estimate of drug-likeness (QED) is 0.141. The van der Waals surface area contributed by atoms with E-state index in [2.05, 4.69) is 28.8 Å². The van der Waals surface area contributed by atoms with Gasteiger partial charge in [-0.05, 0) is 90.9 Å². The van der Waals surface area contributed by atoms with E-state index in [1.165, 1.54) is 6.08 Å². The van der Waals surface area contributed by atoms with Gasteiger partial charge < -0.3 is 24.0 Å². The van der Waals surface area contributed by atoms with Crippen molar-refractivity contribution in [3.8, 4) is 11.5 Å². The maximum absolute atomic E-state index is 11.4. The zero-order valence-electron chi connectivity index (χ0n) is 22.7. The lowest BCUT2D eigenvalue weighted by atomic mass is 10.2. The number of anilines is 3. The van der Waals surface area contributed by atoms with E-state index in [-0.39, 0.29) is 5.70 Å². The lowest BCUT2D eigenvalue weighted by molar-refractivity contribution is -0.132. The Morgan fingerprint density at radius 2 is 1.62 bits per heavy atom. The third-order valence-corrected chi connectivity index (χ3v) is 7.30. The molecule has 0 radical (unpaired) electrons. The first-order valence-corrected chi connectivity index (χ1v) is 13.7. The highest BCUT2D eigenvalue weighted by atomic mass is 32.1. The van der Waals surface area contributed by atoms with Gasteiger partial charge in [-0.3, -0.25) is 4.79 Å². The molecule has 7 nitrogen and oxygen atoms in total. The van der Waals surface area contributed by atoms with Gasteiger partial charge in [0.25, 0.3) is 5.70 Å². The number of aromatic nitrogens is 1. The fraction of sp³-hybridized carbons (Fsp3) is 0.188. The largest absolute Gasteiger partial charge is 0.497 e. The Hall–Kier alpha value is -4.74. The van der Waals surface area contributed by atoms with Crippen LogP contribution in [0, 0.1) is 6.57 Å². The highest BCUT2D eigenvalue weighted by molar-refractivity contribution is 7.17. The van der Waals surface area contributed by atoms with Crippen LogP contribution < -0.4 is 14.4 Å². The van der Waals surface area contributed by atoms with Crippen LogP contribution in [0.1, 0.15) is 35.9 Å². The number of carboxylic acid groups (broad SMARTS) is 1. The predicted octanol–water partition coefficient (Wildman–Crippen LogP) is 8.35. The van der Waals surface area contributed by atoms with E-state index in [0.29, 0.717) is 5.69 Å². The highest BCUT2D eigenvalue weighted by Gasteiger charge is 2.15. The Bertz CT molecular complexity index is 1490. The Balaban J connectivity index is 1.64. The van der Waals surface area contributed by atoms with Gasteiger partial charge in [-0.15, -0.1) is 11.3 Å². The fourth-order valence-electron chi connectivity index (χ4n) is 4.16. The van der Waals surface area contributed by atoms with Crippen LogP contribution in [0.3, 0.4) is 0 Å². The second kappa shape index (κ2) is 13.4. The van der Waals surface area contributed by atoms with E-state index in [0.717, 1.165) is 57.7 Å². The fourth-order valence-corrected chi connectivity index (χ4v) is 5.11. The van der Waals surface area contributed by atoms with Crippen molar-refractivity contribution in [1.29, 1.82) is 0 Å². The molecule has 4 rings (SSSR count). The molecule has 0 fully saturated rings. The average molecular weight is 554 g/mol. The van der Waals surface area contributed by atoms with Crippen LogP contribution in [0.15, 0.2) is 78.6 Å². The second-order valence-corrected chi connectivity index (χ2v) is 10.0. The number of aliphatic carboxylic acids is 1. The standard InChI is InChI=1S/C32H31N3O4S/c1-5-6-19-34-22-23(20-26(34)21-30(33-2)32(36)37)7-16-29-17-18-31(40-29)35(24-8-12-27(38-3)13-9-24)25-10-14-28(39-4)15-11-25/h7-18,20-22H,5-6,19H2,1,3-4H3,(H,36,37)/b16-7+,30-21-. The summed E-state index contributed by atoms with van der Waals surface area (Å²) in [6.45, 7) is 10.0. The summed E-state index contributed by atoms with van der Waals surface area (Å²) in [7, 11) is 3.31. The van der Waals surface area contributed by atoms with Gasteiger partial charge in [0.1, 0.15) is 16.5 Å². The molecule has 0 saturated carbocycles. The van der Waals surface area contributed by atoms with E-state index in [1.807, 2.05) is 77.5 Å². The summed E-state index contributed by atoms with van der Waals surface area (Å²) in [5, 5.41) is 10.3. The zero-order chi connectivity index (χ0) is 28.5. The number of thiophene rings is 1. The maximum Gasteiger partial charge on any atom is 0.333 e. The Morgan fingerprint density at radius 1 is 1.00 bits per heavy atom. The Kier molecular flexibility index (Phi) is 9.44. The van der Waals surface area contributed by atoms with Gasteiger partial charge in [0.15, 0.2) is 0 Å². The molecule has 2 aromatic heterocycles. The minimum Gasteiger partial charge on any atom is -0.497 e. The van der Waals surface area contributed by atoms with E-state index >= 15 is 0 Å². The summed E-state index contributed by atoms with van der Waals surface area (Å²) in [5.41, 5.74) is 3.35. The van der Waals surface area contributed by atoms with Gasteiger partial charge in [0.05, 0.1) is 20.8 Å². The number of unbranched alkanes of at least 4 members (excludes halogenated alkanes) is 1. The summed E-state index contributed by atoms with van der Waals surface area (Å²) in [6.07, 6.45) is 9.47. The summed E-state index contributed by atoms with van der Waals surface area (Å²) in [4.78, 5) is 17.8. The van der Waals surface area contributed by atoms with E-state index in [9.17, 15) is 9.90 Å². The van der Waals surface area contributed by atoms with Crippen LogP contribution in [-0.2, 0) is 11.3 Å². The number of carboxylic acids is 1. The number of hydrogen-bond donors (Lipinski definition) is 1. The Morgan fingerprint density at radius 3 is 2.15 bits per heavy atom. The number of hydrogen-bond acceptors (Lipinski definition) is 5. The number of methoxy groups -OCH3 is 2. The molecule has 0 amide bonds. The molecule has 0 aliphatic carbocycles. The molecular formula is C32H31N3O4S. The molecule has 1 N–H and O–H groups in total. The lowest BCUT2D eigenvalue weighted by Gasteiger charge is -2.24. The van der Waals surface area contributed by atoms with Crippen LogP contribution >= 0.6 is 11.3 Å². The monoisotopic (exact) mass is 553 g/mol. The van der Waals surface area contributed by atoms with E-state index < -0.39 is 5.97 Å². The number of ether oxygens (including phenoxy) is 2. The van der Waals surface area contributed by atoms with Crippen molar-refractivity contribution in [1.82, 2.24) is 4.57 Å². The predicted molar refractivity (Wildman–Crippen MR) is 163 cm³/mol. The van der Waals surface area contributed by atoms with Crippen molar-refractivity contribution < 1.29 is 19.4 Å². The molecule has 2 heterocycles. The molecule has 0 saturated heterocycles. The number of rotatable bonds is 12. The first-order chi connectivity index (χ1) is 19.4. The third-order valence-electron chi connectivity index (χ3n) is 6.26. The molecule has 8 heteroatoms. The topological polar surface area (TPSA) is 68.3 Å². The minimum absolute atomic E-state index is 0.300. The molecule has 0 aliphatic heterocycles. The van der Waals surface area contributed by atoms with Crippen LogP contribution in [0.4, 0.5) is 16.4 Å². The number of nitrogens with zero attached hydrogens (tertiary/aromatic N) is 3. The molecule has 0 spiro atoms. The SMILES string of the molecule is [C-]#[N+]/C(=C\c1cc(/C=C/c2ccc(N(c3ccc(OC)cc3)c3ccc(OC)cc3)s2)cn1CCCC)C(=O)O. The first kappa shape index (κ1) is 28.3. The van der Waals surface area contributed by atoms with Gasteiger partial charge in [0.2, 0.25) is 0 Å². The third kappa shape index (κ3) is 6.82. The number of carbonyl (C=O) groups is 1. The molecule has 0 unspecified atom stereocenters. The molecule has 2 aromatic carbocycles. The van der Waals surface area contributed by atoms with E-state index in [4.69, 9.17) is 16.0 Å². The first-order valence-electron chi connectivity index (χ1n) is 12.8. The minimum atomic E-state index is -1.22. The summed E-state index contributed by atoms with van der Waals surface area (Å²) < 4.78 is 12.7. The van der Waals surface area contributed by atoms with Gasteiger partial charge in [-0.2, -0.15) is 0 Å². The van der Waals surface area contributed by atoms with Crippen molar-refractivity contribution in [3.63, 3.8) is 0 Å². The molecule has 4 aromatic rings. The van der Waals surface area contributed by atoms with Crippen LogP contribution in [0.25, 0.3) is 23.1 Å². The summed E-state index contributed by atoms with van der Waals surface area (Å²) >= 11 is 1.65. The van der Waals surface area contributed by atoms with Crippen molar-refractivity contribution in [2.75, 3.05) is 19.1 Å². The van der Waals surface area contributed by atoms with Gasteiger partial charge in [-0.1, -0.05) is 19.4 Å². The second-order valence-electron chi connectivity index (χ2n) is 8.93. The molecule has 0 bridgehead atoms. The normalized spacial score (nSPS) is 11.4. The maximum atomic E-state index is 11.4. The van der Waals surface area contributed by atoms with Gasteiger partial charge in [-0.25, -0.2) is 4.85 Å². The van der Waals surface area contributed by atoms with Crippen molar-refractivity contribution in [2.24, 2.45) is 0 Å². The van der Waals surface area contributed by atoms with Gasteiger partial charge >= 0.3 is 5.97 Å². The van der Waals surface area contributed by atoms with Crippen molar-refractivity contribution >= 4 is 51.9 Å². The number of benzene rings is 2.